The number of benzene rings is 2. The van der Waals surface area contributed by atoms with Gasteiger partial charge in [-0.15, -0.1) is 0 Å². The van der Waals surface area contributed by atoms with Crippen molar-refractivity contribution in [2.45, 2.75) is 12.8 Å². The maximum absolute atomic E-state index is 15.2. The molecule has 0 unspecified atom stereocenters. The van der Waals surface area contributed by atoms with Crippen molar-refractivity contribution in [3.63, 3.8) is 0 Å². The Balaban J connectivity index is 1.12. The topological polar surface area (TPSA) is 90.8 Å². The van der Waals surface area contributed by atoms with Crippen LogP contribution in [0.15, 0.2) is 83.1 Å². The first kappa shape index (κ1) is 30.7. The smallest absolute Gasteiger partial charge is 0.230 e. The summed E-state index contributed by atoms with van der Waals surface area (Å²) in [6, 6.07) is 11.4. The number of Topliss-reactive ketones (excluding diaryl/α,β-unsaturated/α-hetero) is 2. The van der Waals surface area contributed by atoms with Gasteiger partial charge >= 0.3 is 0 Å². The van der Waals surface area contributed by atoms with Crippen molar-refractivity contribution in [1.29, 1.82) is 0 Å². The third kappa shape index (κ3) is 7.00. The Kier molecular flexibility index (Phi) is 9.39. The van der Waals surface area contributed by atoms with Crippen LogP contribution in [-0.2, 0) is 20.7 Å². The van der Waals surface area contributed by atoms with Gasteiger partial charge in [0.1, 0.15) is 22.6 Å². The van der Waals surface area contributed by atoms with E-state index < -0.39 is 23.2 Å². The van der Waals surface area contributed by atoms with Gasteiger partial charge in [-0.2, -0.15) is 0 Å². The molecule has 11 heteroatoms. The van der Waals surface area contributed by atoms with Gasteiger partial charge in [0.15, 0.2) is 23.1 Å². The molecule has 0 bridgehead atoms. The zero-order valence-corrected chi connectivity index (χ0v) is 25.7. The molecule has 45 heavy (non-hydrogen) atoms. The lowest BCUT2D eigenvalue weighted by atomic mass is 9.88. The van der Waals surface area contributed by atoms with Gasteiger partial charge in [0.25, 0.3) is 0 Å². The number of pyridine rings is 2. The van der Waals surface area contributed by atoms with Crippen LogP contribution in [0.3, 0.4) is 0 Å². The summed E-state index contributed by atoms with van der Waals surface area (Å²) in [7, 11) is 0. The average molecular weight is 677 g/mol. The highest BCUT2D eigenvalue weighted by molar-refractivity contribution is 9.10. The first-order valence-corrected chi connectivity index (χ1v) is 15.2. The fraction of sp³-hybridized carbons (Fsp3) is 0.235. The largest absolute Gasteiger partial charge is 0.475 e. The SMILES string of the molecule is O=C(Cc1ccc(Oc2ccnc3c(Br)c(OCCN4CCOCC4)ncc23)c(F)c1)C1=CCC=C(c2ccc(F)cc2)C1=O. The average Bonchev–Trinajstić information content (AvgIpc) is 3.05. The van der Waals surface area contributed by atoms with E-state index >= 15 is 4.39 Å². The van der Waals surface area contributed by atoms with Crippen LogP contribution >= 0.6 is 15.9 Å². The van der Waals surface area contributed by atoms with Crippen molar-refractivity contribution in [1.82, 2.24) is 14.9 Å². The molecule has 0 atom stereocenters. The number of halogens is 3. The third-order valence-corrected chi connectivity index (χ3v) is 8.29. The molecule has 4 aromatic rings. The van der Waals surface area contributed by atoms with Gasteiger partial charge < -0.3 is 14.2 Å². The minimum Gasteiger partial charge on any atom is -0.475 e. The number of hydrogen-bond donors (Lipinski definition) is 0. The van der Waals surface area contributed by atoms with Gasteiger partial charge in [0, 0.05) is 44.0 Å². The third-order valence-electron chi connectivity index (χ3n) is 7.58. The summed E-state index contributed by atoms with van der Waals surface area (Å²) in [5.74, 6) is -1.26. The molecule has 2 aromatic heterocycles. The molecule has 1 saturated heterocycles. The number of carbonyl (C=O) groups excluding carboxylic acids is 2. The lowest BCUT2D eigenvalue weighted by Crippen LogP contribution is -2.38. The maximum atomic E-state index is 15.2. The fourth-order valence-electron chi connectivity index (χ4n) is 5.20. The van der Waals surface area contributed by atoms with Crippen molar-refractivity contribution in [2.24, 2.45) is 0 Å². The number of aromatic nitrogens is 2. The summed E-state index contributed by atoms with van der Waals surface area (Å²) in [6.45, 7) is 4.34. The van der Waals surface area contributed by atoms with Gasteiger partial charge in [-0.05, 0) is 63.8 Å². The number of carbonyl (C=O) groups is 2. The van der Waals surface area contributed by atoms with E-state index in [0.717, 1.165) is 19.6 Å². The standard InChI is InChI=1S/C34H28BrF2N3O5/c35-31-32-26(20-39-34(31)44-17-14-40-12-15-43-16-13-40)29(10-11-38-32)45-30-9-4-21(18-27(30)37)19-28(41)25-3-1-2-24(33(25)42)22-5-7-23(36)8-6-22/h2-11,18,20H,1,12-17,19H2. The molecular formula is C34H28BrF2N3O5. The van der Waals surface area contributed by atoms with Crippen molar-refractivity contribution < 1.29 is 32.6 Å². The highest BCUT2D eigenvalue weighted by Crippen LogP contribution is 2.36. The number of ether oxygens (including phenoxy) is 3. The molecule has 6 rings (SSSR count). The summed E-state index contributed by atoms with van der Waals surface area (Å²) >= 11 is 3.54. The predicted molar refractivity (Wildman–Crippen MR) is 167 cm³/mol. The maximum Gasteiger partial charge on any atom is 0.230 e. The number of nitrogens with zero attached hydrogens (tertiary/aromatic N) is 3. The normalized spacial score (nSPS) is 15.5. The Morgan fingerprint density at radius 1 is 1.00 bits per heavy atom. The van der Waals surface area contributed by atoms with Crippen LogP contribution in [-0.4, -0.2) is 65.9 Å². The molecular weight excluding hydrogens is 648 g/mol. The summed E-state index contributed by atoms with van der Waals surface area (Å²) in [6.07, 6.45) is 6.60. The van der Waals surface area contributed by atoms with Crippen LogP contribution in [0.4, 0.5) is 8.78 Å². The van der Waals surface area contributed by atoms with E-state index in [1.54, 1.807) is 36.7 Å². The summed E-state index contributed by atoms with van der Waals surface area (Å²) < 4.78 is 46.3. The molecule has 0 spiro atoms. The molecule has 2 aliphatic rings. The second-order valence-electron chi connectivity index (χ2n) is 10.5. The molecule has 1 aliphatic carbocycles. The lowest BCUT2D eigenvalue weighted by Gasteiger charge is -2.26. The second-order valence-corrected chi connectivity index (χ2v) is 11.3. The molecule has 1 aliphatic heterocycles. The van der Waals surface area contributed by atoms with E-state index in [1.807, 2.05) is 0 Å². The Morgan fingerprint density at radius 3 is 2.58 bits per heavy atom. The number of morpholine rings is 1. The van der Waals surface area contributed by atoms with Crippen molar-refractivity contribution in [3.05, 3.63) is 106 Å². The quantitative estimate of drug-likeness (QED) is 0.182. The zero-order valence-electron chi connectivity index (χ0n) is 24.1. The first-order valence-electron chi connectivity index (χ1n) is 14.4. The number of hydrogen-bond acceptors (Lipinski definition) is 8. The molecule has 0 N–H and O–H groups in total. The van der Waals surface area contributed by atoms with Crippen LogP contribution in [0.5, 0.6) is 17.4 Å². The molecule has 8 nitrogen and oxygen atoms in total. The van der Waals surface area contributed by atoms with Gasteiger partial charge in [-0.1, -0.05) is 30.4 Å². The summed E-state index contributed by atoms with van der Waals surface area (Å²) in [5.41, 5.74) is 1.84. The number of fused-ring (bicyclic) bond motifs is 1. The first-order chi connectivity index (χ1) is 21.9. The van der Waals surface area contributed by atoms with E-state index in [1.165, 1.54) is 36.4 Å². The van der Waals surface area contributed by atoms with Crippen molar-refractivity contribution in [3.8, 4) is 17.4 Å². The Morgan fingerprint density at radius 2 is 1.80 bits per heavy atom. The summed E-state index contributed by atoms with van der Waals surface area (Å²) in [4.78, 5) is 37.3. The van der Waals surface area contributed by atoms with E-state index in [-0.39, 0.29) is 17.7 Å². The van der Waals surface area contributed by atoms with E-state index in [2.05, 4.69) is 30.8 Å². The van der Waals surface area contributed by atoms with Crippen molar-refractivity contribution in [2.75, 3.05) is 39.5 Å². The second kappa shape index (κ2) is 13.8. The van der Waals surface area contributed by atoms with Gasteiger partial charge in [-0.25, -0.2) is 13.8 Å². The summed E-state index contributed by atoms with van der Waals surface area (Å²) in [5, 5.41) is 0.552. The van der Waals surface area contributed by atoms with E-state index in [4.69, 9.17) is 14.2 Å². The van der Waals surface area contributed by atoms with Gasteiger partial charge in [0.2, 0.25) is 5.88 Å². The number of ketones is 2. The van der Waals surface area contributed by atoms with Crippen LogP contribution in [0.2, 0.25) is 0 Å². The highest BCUT2D eigenvalue weighted by Gasteiger charge is 2.25. The number of rotatable bonds is 10. The van der Waals surface area contributed by atoms with Crippen LogP contribution in [0.25, 0.3) is 16.5 Å². The molecule has 3 heterocycles. The van der Waals surface area contributed by atoms with E-state index in [9.17, 15) is 14.0 Å². The Labute approximate surface area is 266 Å². The lowest BCUT2D eigenvalue weighted by molar-refractivity contribution is -0.118. The Hall–Kier alpha value is -4.32. The molecule has 2 aromatic carbocycles. The van der Waals surface area contributed by atoms with E-state index in [0.29, 0.717) is 69.9 Å². The minimum absolute atomic E-state index is 0.0309. The van der Waals surface area contributed by atoms with Gasteiger partial charge in [-0.3, -0.25) is 19.5 Å². The predicted octanol–water partition coefficient (Wildman–Crippen LogP) is 6.27. The van der Waals surface area contributed by atoms with Crippen molar-refractivity contribution >= 4 is 44.0 Å². The molecule has 230 valence electrons. The molecule has 0 saturated carbocycles. The highest BCUT2D eigenvalue weighted by atomic mass is 79.9. The number of allylic oxidation sites excluding steroid dienone is 4. The van der Waals surface area contributed by atoms with Gasteiger partial charge in [0.05, 0.1) is 29.7 Å². The Bertz CT molecular complexity index is 1820. The van der Waals surface area contributed by atoms with Crippen LogP contribution in [0, 0.1) is 11.6 Å². The van der Waals surface area contributed by atoms with Crippen LogP contribution < -0.4 is 9.47 Å². The fourth-order valence-corrected chi connectivity index (χ4v) is 5.74. The minimum atomic E-state index is -0.670. The molecule has 0 amide bonds. The molecule has 0 radical (unpaired) electrons. The monoisotopic (exact) mass is 675 g/mol. The van der Waals surface area contributed by atoms with Crippen LogP contribution in [0.1, 0.15) is 17.5 Å². The molecule has 1 fully saturated rings. The zero-order chi connectivity index (χ0) is 31.3.